The van der Waals surface area contributed by atoms with Crippen LogP contribution < -0.4 is 5.32 Å². The van der Waals surface area contributed by atoms with Crippen molar-refractivity contribution in [2.45, 2.75) is 51.7 Å². The maximum Gasteiger partial charge on any atom is 0.0597 e. The molecule has 0 aromatic heterocycles. The summed E-state index contributed by atoms with van der Waals surface area (Å²) in [5, 5.41) is 12.5. The van der Waals surface area contributed by atoms with Crippen molar-refractivity contribution < 1.29 is 5.11 Å². The number of piperazine rings is 1. The molecule has 0 bridgehead atoms. The first-order valence-corrected chi connectivity index (χ1v) is 5.62. The van der Waals surface area contributed by atoms with Gasteiger partial charge >= 0.3 is 0 Å². The van der Waals surface area contributed by atoms with Crippen molar-refractivity contribution in [1.29, 1.82) is 0 Å². The first kappa shape index (κ1) is 12.0. The summed E-state index contributed by atoms with van der Waals surface area (Å²) in [7, 11) is 0. The van der Waals surface area contributed by atoms with Gasteiger partial charge in [-0.05, 0) is 27.2 Å². The van der Waals surface area contributed by atoms with Crippen LogP contribution in [0.2, 0.25) is 0 Å². The Hall–Kier alpha value is -0.120. The van der Waals surface area contributed by atoms with Gasteiger partial charge in [0.05, 0.1) is 6.61 Å². The summed E-state index contributed by atoms with van der Waals surface area (Å²) < 4.78 is 0. The predicted molar refractivity (Wildman–Crippen MR) is 59.4 cm³/mol. The van der Waals surface area contributed by atoms with Crippen LogP contribution in [0.15, 0.2) is 0 Å². The van der Waals surface area contributed by atoms with Gasteiger partial charge in [0, 0.05) is 30.7 Å². The third kappa shape index (κ3) is 2.47. The molecule has 3 nitrogen and oxygen atoms in total. The van der Waals surface area contributed by atoms with Gasteiger partial charge in [0.25, 0.3) is 0 Å². The standard InChI is InChI=1S/C11H24N2O/c1-5-9(2)13-6-10(7-14)12-8-11(13,3)4/h9-10,12,14H,5-8H2,1-4H3. The van der Waals surface area contributed by atoms with Crippen molar-refractivity contribution in [1.82, 2.24) is 10.2 Å². The molecule has 84 valence electrons. The van der Waals surface area contributed by atoms with E-state index in [0.717, 1.165) is 13.1 Å². The van der Waals surface area contributed by atoms with Gasteiger partial charge in [-0.2, -0.15) is 0 Å². The second kappa shape index (κ2) is 4.60. The third-order valence-corrected chi connectivity index (χ3v) is 3.36. The highest BCUT2D eigenvalue weighted by atomic mass is 16.3. The van der Waals surface area contributed by atoms with Crippen molar-refractivity contribution in [3.05, 3.63) is 0 Å². The number of nitrogens with one attached hydrogen (secondary N) is 1. The van der Waals surface area contributed by atoms with Gasteiger partial charge in [-0.1, -0.05) is 6.92 Å². The highest BCUT2D eigenvalue weighted by Gasteiger charge is 2.35. The van der Waals surface area contributed by atoms with Crippen LogP contribution in [0.3, 0.4) is 0 Å². The second-order valence-electron chi connectivity index (χ2n) is 4.98. The molecule has 2 unspecified atom stereocenters. The van der Waals surface area contributed by atoms with Gasteiger partial charge in [0.2, 0.25) is 0 Å². The molecule has 0 aliphatic carbocycles. The molecule has 14 heavy (non-hydrogen) atoms. The van der Waals surface area contributed by atoms with Crippen LogP contribution in [0.1, 0.15) is 34.1 Å². The van der Waals surface area contributed by atoms with Crippen LogP contribution in [0, 0.1) is 0 Å². The van der Waals surface area contributed by atoms with Gasteiger partial charge in [-0.25, -0.2) is 0 Å². The summed E-state index contributed by atoms with van der Waals surface area (Å²) in [5.41, 5.74) is 0.209. The van der Waals surface area contributed by atoms with Gasteiger partial charge in [0.1, 0.15) is 0 Å². The molecule has 1 heterocycles. The lowest BCUT2D eigenvalue weighted by Crippen LogP contribution is -2.64. The van der Waals surface area contributed by atoms with Crippen LogP contribution in [-0.4, -0.2) is 47.3 Å². The zero-order valence-corrected chi connectivity index (χ0v) is 9.88. The fraction of sp³-hybridized carbons (Fsp3) is 1.00. The first-order valence-electron chi connectivity index (χ1n) is 5.62. The van der Waals surface area contributed by atoms with E-state index in [9.17, 15) is 0 Å². The van der Waals surface area contributed by atoms with E-state index < -0.39 is 0 Å². The van der Waals surface area contributed by atoms with Gasteiger partial charge < -0.3 is 10.4 Å². The summed E-state index contributed by atoms with van der Waals surface area (Å²) in [6.07, 6.45) is 1.17. The van der Waals surface area contributed by atoms with Crippen molar-refractivity contribution in [3.63, 3.8) is 0 Å². The average Bonchev–Trinajstić information content (AvgIpc) is 2.16. The fourth-order valence-electron chi connectivity index (χ4n) is 2.16. The largest absolute Gasteiger partial charge is 0.395 e. The van der Waals surface area contributed by atoms with Crippen LogP contribution in [0.5, 0.6) is 0 Å². The molecule has 1 fully saturated rings. The summed E-state index contributed by atoms with van der Waals surface area (Å²) in [6.45, 7) is 11.2. The molecule has 0 aromatic carbocycles. The van der Waals surface area contributed by atoms with E-state index in [4.69, 9.17) is 5.11 Å². The zero-order chi connectivity index (χ0) is 10.8. The Kier molecular flexibility index (Phi) is 3.93. The van der Waals surface area contributed by atoms with Gasteiger partial charge in [0.15, 0.2) is 0 Å². The van der Waals surface area contributed by atoms with Crippen molar-refractivity contribution in [2.75, 3.05) is 19.7 Å². The number of hydrogen-bond acceptors (Lipinski definition) is 3. The molecule has 1 rings (SSSR count). The minimum atomic E-state index is 0.209. The van der Waals surface area contributed by atoms with E-state index in [1.165, 1.54) is 6.42 Å². The lowest BCUT2D eigenvalue weighted by atomic mass is 9.95. The van der Waals surface area contributed by atoms with Crippen LogP contribution >= 0.6 is 0 Å². The van der Waals surface area contributed by atoms with Crippen molar-refractivity contribution >= 4 is 0 Å². The molecule has 0 radical (unpaired) electrons. The van der Waals surface area contributed by atoms with E-state index in [-0.39, 0.29) is 18.2 Å². The molecule has 2 atom stereocenters. The van der Waals surface area contributed by atoms with Crippen LogP contribution in [-0.2, 0) is 0 Å². The molecule has 0 spiro atoms. The van der Waals surface area contributed by atoms with E-state index >= 15 is 0 Å². The molecule has 3 heteroatoms. The Balaban J connectivity index is 2.66. The summed E-state index contributed by atoms with van der Waals surface area (Å²) in [4.78, 5) is 2.50. The molecule has 2 N–H and O–H groups in total. The number of aliphatic hydroxyl groups is 1. The molecule has 0 saturated carbocycles. The van der Waals surface area contributed by atoms with Gasteiger partial charge in [-0.3, -0.25) is 4.90 Å². The predicted octanol–water partition coefficient (Wildman–Crippen LogP) is 0.830. The zero-order valence-electron chi connectivity index (χ0n) is 9.88. The summed E-state index contributed by atoms with van der Waals surface area (Å²) in [6, 6.07) is 0.846. The monoisotopic (exact) mass is 200 g/mol. The molecule has 1 aliphatic rings. The fourth-order valence-corrected chi connectivity index (χ4v) is 2.16. The molecular formula is C11H24N2O. The smallest absolute Gasteiger partial charge is 0.0597 e. The maximum atomic E-state index is 9.14. The lowest BCUT2D eigenvalue weighted by molar-refractivity contribution is 0.0176. The number of rotatable bonds is 3. The highest BCUT2D eigenvalue weighted by molar-refractivity contribution is 4.94. The number of hydrogen-bond donors (Lipinski definition) is 2. The molecule has 1 aliphatic heterocycles. The van der Waals surface area contributed by atoms with Crippen molar-refractivity contribution in [2.24, 2.45) is 0 Å². The average molecular weight is 200 g/mol. The Morgan fingerprint density at radius 1 is 1.57 bits per heavy atom. The normalized spacial score (nSPS) is 30.2. The summed E-state index contributed by atoms with van der Waals surface area (Å²) >= 11 is 0. The molecular weight excluding hydrogens is 176 g/mol. The Labute approximate surface area is 87.5 Å². The second-order valence-corrected chi connectivity index (χ2v) is 4.98. The van der Waals surface area contributed by atoms with E-state index in [1.807, 2.05) is 0 Å². The third-order valence-electron chi connectivity index (χ3n) is 3.36. The van der Waals surface area contributed by atoms with E-state index in [1.54, 1.807) is 0 Å². The quantitative estimate of drug-likeness (QED) is 0.708. The molecule has 0 aromatic rings. The summed E-state index contributed by atoms with van der Waals surface area (Å²) in [5.74, 6) is 0. The first-order chi connectivity index (χ1) is 6.51. The van der Waals surface area contributed by atoms with Crippen LogP contribution in [0.25, 0.3) is 0 Å². The van der Waals surface area contributed by atoms with Gasteiger partial charge in [-0.15, -0.1) is 0 Å². The minimum Gasteiger partial charge on any atom is -0.395 e. The Morgan fingerprint density at radius 2 is 2.21 bits per heavy atom. The van der Waals surface area contributed by atoms with Crippen molar-refractivity contribution in [3.8, 4) is 0 Å². The lowest BCUT2D eigenvalue weighted by Gasteiger charge is -2.48. The van der Waals surface area contributed by atoms with E-state index in [0.29, 0.717) is 6.04 Å². The van der Waals surface area contributed by atoms with Crippen LogP contribution in [0.4, 0.5) is 0 Å². The van der Waals surface area contributed by atoms with E-state index in [2.05, 4.69) is 37.9 Å². The maximum absolute atomic E-state index is 9.14. The topological polar surface area (TPSA) is 35.5 Å². The molecule has 0 amide bonds. The highest BCUT2D eigenvalue weighted by Crippen LogP contribution is 2.22. The Morgan fingerprint density at radius 3 is 2.71 bits per heavy atom. The number of nitrogens with zero attached hydrogens (tertiary/aromatic N) is 1. The molecule has 1 saturated heterocycles. The minimum absolute atomic E-state index is 0.209. The number of aliphatic hydroxyl groups excluding tert-OH is 1. The Bertz CT molecular complexity index is 182. The SMILES string of the molecule is CCC(C)N1CC(CO)NCC1(C)C.